The van der Waals surface area contributed by atoms with Crippen LogP contribution in [-0.4, -0.2) is 43.0 Å². The summed E-state index contributed by atoms with van der Waals surface area (Å²) < 4.78 is 25.1. The molecular formula is C10H13F2N7. The topological polar surface area (TPSA) is 80.6 Å². The summed E-state index contributed by atoms with van der Waals surface area (Å²) in [6, 6.07) is 0. The van der Waals surface area contributed by atoms with Crippen molar-refractivity contribution in [3.8, 4) is 0 Å². The third-order valence-corrected chi connectivity index (χ3v) is 2.02. The second kappa shape index (κ2) is 7.90. The van der Waals surface area contributed by atoms with E-state index in [1.54, 1.807) is 4.90 Å². The summed E-state index contributed by atoms with van der Waals surface area (Å²) in [5.74, 6) is 0.0370. The van der Waals surface area contributed by atoms with Gasteiger partial charge in [-0.3, -0.25) is 0 Å². The first-order valence-corrected chi connectivity index (χ1v) is 5.54. The maximum absolute atomic E-state index is 12.5. The number of anilines is 1. The van der Waals surface area contributed by atoms with Crippen LogP contribution in [-0.2, 0) is 0 Å². The van der Waals surface area contributed by atoms with E-state index < -0.39 is 12.2 Å². The third kappa shape index (κ3) is 5.23. The van der Waals surface area contributed by atoms with Gasteiger partial charge >= 0.3 is 12.2 Å². The van der Waals surface area contributed by atoms with Crippen LogP contribution in [0.5, 0.6) is 0 Å². The molecule has 0 aliphatic carbocycles. The molecule has 0 bridgehead atoms. The maximum Gasteiger partial charge on any atom is 0.315 e. The standard InChI is InChI=1S/C7H10F2N4.C3H3N3/c1-3-13(4-2)7-11-5(8)10-6(9)12-7;1-4-2-6-3-5-1/h3-4H2,1-2H3;1-3H. The molecule has 2 heterocycles. The SMILES string of the molecule is CCN(CC)c1nc(F)nc(F)n1.c1ncncn1. The Kier molecular flexibility index (Phi) is 6.13. The van der Waals surface area contributed by atoms with Crippen molar-refractivity contribution in [1.82, 2.24) is 29.9 Å². The van der Waals surface area contributed by atoms with Gasteiger partial charge in [0.25, 0.3) is 0 Å². The van der Waals surface area contributed by atoms with Crippen LogP contribution in [0.1, 0.15) is 13.8 Å². The summed E-state index contributed by atoms with van der Waals surface area (Å²) in [6.07, 6.45) is 2.14. The lowest BCUT2D eigenvalue weighted by molar-refractivity contribution is 0.453. The molecule has 0 radical (unpaired) electrons. The highest BCUT2D eigenvalue weighted by atomic mass is 19.1. The lowest BCUT2D eigenvalue weighted by Gasteiger charge is -2.17. The van der Waals surface area contributed by atoms with E-state index in [0.29, 0.717) is 13.1 Å². The lowest BCUT2D eigenvalue weighted by Crippen LogP contribution is -2.25. The van der Waals surface area contributed by atoms with E-state index in [0.717, 1.165) is 0 Å². The first-order valence-electron chi connectivity index (χ1n) is 5.54. The van der Waals surface area contributed by atoms with Gasteiger partial charge < -0.3 is 4.90 Å². The first kappa shape index (κ1) is 14.7. The second-order valence-electron chi connectivity index (χ2n) is 3.14. The minimum absolute atomic E-state index is 0.0370. The zero-order valence-corrected chi connectivity index (χ0v) is 10.5. The average molecular weight is 269 g/mol. The van der Waals surface area contributed by atoms with Crippen LogP contribution in [0, 0.1) is 12.2 Å². The zero-order chi connectivity index (χ0) is 14.1. The molecule has 0 saturated carbocycles. The summed E-state index contributed by atoms with van der Waals surface area (Å²) in [5.41, 5.74) is 0. The van der Waals surface area contributed by atoms with E-state index in [-0.39, 0.29) is 5.95 Å². The molecule has 0 fully saturated rings. The zero-order valence-electron chi connectivity index (χ0n) is 10.5. The van der Waals surface area contributed by atoms with E-state index in [2.05, 4.69) is 29.9 Å². The second-order valence-corrected chi connectivity index (χ2v) is 3.14. The summed E-state index contributed by atoms with van der Waals surface area (Å²) in [7, 11) is 0. The van der Waals surface area contributed by atoms with Crippen molar-refractivity contribution < 1.29 is 8.78 Å². The minimum Gasteiger partial charge on any atom is -0.341 e. The quantitative estimate of drug-likeness (QED) is 0.817. The van der Waals surface area contributed by atoms with Crippen LogP contribution >= 0.6 is 0 Å². The fourth-order valence-corrected chi connectivity index (χ4v) is 1.17. The fourth-order valence-electron chi connectivity index (χ4n) is 1.17. The first-order chi connectivity index (χ1) is 9.17. The summed E-state index contributed by atoms with van der Waals surface area (Å²) in [6.45, 7) is 4.89. The van der Waals surface area contributed by atoms with Gasteiger partial charge in [-0.15, -0.1) is 0 Å². The molecule has 0 aliphatic rings. The Bertz CT molecular complexity index is 432. The van der Waals surface area contributed by atoms with Gasteiger partial charge in [0.2, 0.25) is 5.95 Å². The van der Waals surface area contributed by atoms with Crippen molar-refractivity contribution in [2.45, 2.75) is 13.8 Å². The summed E-state index contributed by atoms with van der Waals surface area (Å²) >= 11 is 0. The molecule has 2 aromatic heterocycles. The van der Waals surface area contributed by atoms with Crippen LogP contribution in [0.15, 0.2) is 19.0 Å². The van der Waals surface area contributed by atoms with Crippen molar-refractivity contribution in [2.75, 3.05) is 18.0 Å². The van der Waals surface area contributed by atoms with Gasteiger partial charge in [-0.25, -0.2) is 15.0 Å². The monoisotopic (exact) mass is 269 g/mol. The average Bonchev–Trinajstić information content (AvgIpc) is 2.42. The Labute approximate surface area is 108 Å². The van der Waals surface area contributed by atoms with Gasteiger partial charge in [0, 0.05) is 13.1 Å². The van der Waals surface area contributed by atoms with Crippen LogP contribution in [0.3, 0.4) is 0 Å². The molecule has 2 aromatic rings. The van der Waals surface area contributed by atoms with E-state index in [4.69, 9.17) is 0 Å². The Morgan fingerprint density at radius 2 is 1.26 bits per heavy atom. The highest BCUT2D eigenvalue weighted by Crippen LogP contribution is 2.05. The highest BCUT2D eigenvalue weighted by molar-refractivity contribution is 5.26. The number of hydrogen-bond acceptors (Lipinski definition) is 7. The number of aromatic nitrogens is 6. The molecule has 0 aliphatic heterocycles. The molecule has 0 aromatic carbocycles. The molecule has 7 nitrogen and oxygen atoms in total. The van der Waals surface area contributed by atoms with Gasteiger partial charge in [0.05, 0.1) is 0 Å². The number of nitrogens with zero attached hydrogens (tertiary/aromatic N) is 7. The van der Waals surface area contributed by atoms with Crippen LogP contribution < -0.4 is 4.90 Å². The van der Waals surface area contributed by atoms with Crippen molar-refractivity contribution in [1.29, 1.82) is 0 Å². The molecule has 0 saturated heterocycles. The molecule has 19 heavy (non-hydrogen) atoms. The van der Waals surface area contributed by atoms with E-state index in [1.165, 1.54) is 19.0 Å². The molecule has 0 N–H and O–H groups in total. The smallest absolute Gasteiger partial charge is 0.315 e. The Morgan fingerprint density at radius 3 is 1.58 bits per heavy atom. The normalized spacial score (nSPS) is 9.47. The Hall–Kier alpha value is -2.32. The lowest BCUT2D eigenvalue weighted by atomic mass is 10.5. The van der Waals surface area contributed by atoms with Crippen LogP contribution in [0.4, 0.5) is 14.7 Å². The van der Waals surface area contributed by atoms with Crippen LogP contribution in [0.2, 0.25) is 0 Å². The van der Waals surface area contributed by atoms with Crippen molar-refractivity contribution in [2.24, 2.45) is 0 Å². The van der Waals surface area contributed by atoms with E-state index in [1.807, 2.05) is 13.8 Å². The predicted molar refractivity (Wildman–Crippen MR) is 63.1 cm³/mol. The third-order valence-electron chi connectivity index (χ3n) is 2.02. The van der Waals surface area contributed by atoms with Gasteiger partial charge in [-0.1, -0.05) is 0 Å². The Morgan fingerprint density at radius 1 is 0.842 bits per heavy atom. The molecule has 2 rings (SSSR count). The maximum atomic E-state index is 12.5. The molecule has 9 heteroatoms. The van der Waals surface area contributed by atoms with Crippen LogP contribution in [0.25, 0.3) is 0 Å². The van der Waals surface area contributed by atoms with Crippen molar-refractivity contribution in [3.63, 3.8) is 0 Å². The molecule has 102 valence electrons. The number of rotatable bonds is 3. The van der Waals surface area contributed by atoms with Crippen molar-refractivity contribution >= 4 is 5.95 Å². The van der Waals surface area contributed by atoms with Gasteiger partial charge in [0.1, 0.15) is 19.0 Å². The molecule has 0 amide bonds. The van der Waals surface area contributed by atoms with Gasteiger partial charge in [0.15, 0.2) is 0 Å². The molecular weight excluding hydrogens is 256 g/mol. The number of hydrogen-bond donors (Lipinski definition) is 0. The van der Waals surface area contributed by atoms with E-state index in [9.17, 15) is 8.78 Å². The predicted octanol–water partition coefficient (Wildman–Crippen LogP) is 0.868. The van der Waals surface area contributed by atoms with Gasteiger partial charge in [-0.2, -0.15) is 23.7 Å². The molecule has 0 unspecified atom stereocenters. The number of halogens is 2. The minimum atomic E-state index is -1.09. The summed E-state index contributed by atoms with van der Waals surface area (Å²) in [4.78, 5) is 21.9. The molecule has 0 atom stereocenters. The molecule has 0 spiro atoms. The van der Waals surface area contributed by atoms with Crippen molar-refractivity contribution in [3.05, 3.63) is 31.1 Å². The van der Waals surface area contributed by atoms with E-state index >= 15 is 0 Å². The highest BCUT2D eigenvalue weighted by Gasteiger charge is 2.09. The fraction of sp³-hybridized carbons (Fsp3) is 0.400. The Balaban J connectivity index is 0.000000250. The largest absolute Gasteiger partial charge is 0.341 e. The summed E-state index contributed by atoms with van der Waals surface area (Å²) in [5, 5.41) is 0. The van der Waals surface area contributed by atoms with Gasteiger partial charge in [-0.05, 0) is 13.8 Å².